The maximum atomic E-state index is 12.2. The molecular weight excluding hydrogens is 468 g/mol. The van der Waals surface area contributed by atoms with Crippen LogP contribution in [0.15, 0.2) is 70.2 Å². The van der Waals surface area contributed by atoms with Crippen LogP contribution >= 0.6 is 27.5 Å². The molecule has 0 saturated heterocycles. The fraction of sp³-hybridized carbons (Fsp3) is 0.130. The van der Waals surface area contributed by atoms with Gasteiger partial charge in [-0.3, -0.25) is 4.79 Å². The van der Waals surface area contributed by atoms with E-state index in [1.165, 1.54) is 6.21 Å². The number of carbonyl (C=O) groups is 1. The van der Waals surface area contributed by atoms with Crippen LogP contribution in [0.5, 0.6) is 11.5 Å². The summed E-state index contributed by atoms with van der Waals surface area (Å²) in [5.41, 5.74) is 5.64. The van der Waals surface area contributed by atoms with Gasteiger partial charge in [0, 0.05) is 15.1 Å². The van der Waals surface area contributed by atoms with Crippen molar-refractivity contribution in [3.63, 3.8) is 0 Å². The molecule has 0 aliphatic carbocycles. The van der Waals surface area contributed by atoms with Crippen LogP contribution in [0.2, 0.25) is 5.02 Å². The van der Waals surface area contributed by atoms with E-state index in [-0.39, 0.29) is 5.91 Å². The van der Waals surface area contributed by atoms with Crippen molar-refractivity contribution in [2.45, 2.75) is 13.5 Å². The highest BCUT2D eigenvalue weighted by Crippen LogP contribution is 2.28. The Hall–Kier alpha value is -2.83. The first kappa shape index (κ1) is 21.9. The number of hydrogen-bond donors (Lipinski definition) is 1. The molecule has 154 valence electrons. The smallest absolute Gasteiger partial charge is 0.271 e. The molecule has 0 radical (unpaired) electrons. The van der Waals surface area contributed by atoms with Gasteiger partial charge in [-0.2, -0.15) is 5.10 Å². The third-order valence-corrected chi connectivity index (χ3v) is 5.24. The molecule has 0 aliphatic rings. The minimum Gasteiger partial charge on any atom is -0.493 e. The van der Waals surface area contributed by atoms with E-state index >= 15 is 0 Å². The van der Waals surface area contributed by atoms with Crippen molar-refractivity contribution >= 4 is 39.7 Å². The predicted molar refractivity (Wildman–Crippen MR) is 123 cm³/mol. The lowest BCUT2D eigenvalue weighted by atomic mass is 10.1. The highest BCUT2D eigenvalue weighted by molar-refractivity contribution is 9.10. The molecule has 5 nitrogen and oxygen atoms in total. The Kier molecular flexibility index (Phi) is 7.49. The van der Waals surface area contributed by atoms with E-state index in [0.29, 0.717) is 28.7 Å². The standard InChI is InChI=1S/C23H20BrClN2O3/c1-15-3-7-18(12-20(15)25)23(28)27-26-13-17-6-10-21(22(11-17)29-2)30-14-16-4-8-19(24)9-5-16/h3-13H,14H2,1-2H3,(H,27,28)/b26-13-. The monoisotopic (exact) mass is 486 g/mol. The molecule has 0 saturated carbocycles. The molecule has 1 amide bonds. The number of halogens is 2. The molecule has 0 unspecified atom stereocenters. The molecule has 3 aromatic rings. The summed E-state index contributed by atoms with van der Waals surface area (Å²) in [5.74, 6) is 0.859. The number of ether oxygens (including phenoxy) is 2. The molecule has 0 spiro atoms. The van der Waals surface area contributed by atoms with Crippen molar-refractivity contribution in [2.24, 2.45) is 5.10 Å². The van der Waals surface area contributed by atoms with Crippen LogP contribution in [-0.4, -0.2) is 19.2 Å². The van der Waals surface area contributed by atoms with Gasteiger partial charge in [0.05, 0.1) is 13.3 Å². The molecule has 0 fully saturated rings. The number of carbonyl (C=O) groups excluding carboxylic acids is 1. The van der Waals surface area contributed by atoms with Gasteiger partial charge in [0.2, 0.25) is 0 Å². The lowest BCUT2D eigenvalue weighted by molar-refractivity contribution is 0.0955. The van der Waals surface area contributed by atoms with Crippen molar-refractivity contribution in [2.75, 3.05) is 7.11 Å². The minimum atomic E-state index is -0.338. The van der Waals surface area contributed by atoms with E-state index in [2.05, 4.69) is 26.5 Å². The molecule has 3 rings (SSSR count). The summed E-state index contributed by atoms with van der Waals surface area (Å²) < 4.78 is 12.3. The maximum Gasteiger partial charge on any atom is 0.271 e. The van der Waals surface area contributed by atoms with E-state index in [1.807, 2.05) is 37.3 Å². The Morgan fingerprint density at radius 1 is 1.10 bits per heavy atom. The van der Waals surface area contributed by atoms with Gasteiger partial charge in [-0.25, -0.2) is 5.43 Å². The van der Waals surface area contributed by atoms with Crippen LogP contribution in [-0.2, 0) is 6.61 Å². The van der Waals surface area contributed by atoms with Crippen molar-refractivity contribution < 1.29 is 14.3 Å². The van der Waals surface area contributed by atoms with E-state index < -0.39 is 0 Å². The highest BCUT2D eigenvalue weighted by Gasteiger charge is 2.08. The average Bonchev–Trinajstić information content (AvgIpc) is 2.75. The normalized spacial score (nSPS) is 10.8. The number of hydrogen-bond acceptors (Lipinski definition) is 4. The lowest BCUT2D eigenvalue weighted by Crippen LogP contribution is -2.17. The fourth-order valence-corrected chi connectivity index (χ4v) is 3.03. The van der Waals surface area contributed by atoms with Gasteiger partial charge < -0.3 is 9.47 Å². The van der Waals surface area contributed by atoms with Crippen LogP contribution < -0.4 is 14.9 Å². The number of aryl methyl sites for hydroxylation is 1. The van der Waals surface area contributed by atoms with Gasteiger partial charge in [0.25, 0.3) is 5.91 Å². The SMILES string of the molecule is COc1cc(/C=N\NC(=O)c2ccc(C)c(Cl)c2)ccc1OCc1ccc(Br)cc1. The summed E-state index contributed by atoms with van der Waals surface area (Å²) in [5, 5.41) is 4.55. The number of nitrogens with zero attached hydrogens (tertiary/aromatic N) is 1. The van der Waals surface area contributed by atoms with E-state index in [9.17, 15) is 4.79 Å². The predicted octanol–water partition coefficient (Wildman–Crippen LogP) is 5.76. The van der Waals surface area contributed by atoms with E-state index in [0.717, 1.165) is 21.2 Å². The first-order valence-corrected chi connectivity index (χ1v) is 10.3. The Labute approximate surface area is 188 Å². The number of nitrogens with one attached hydrogen (secondary N) is 1. The van der Waals surface area contributed by atoms with Crippen LogP contribution in [0.4, 0.5) is 0 Å². The Balaban J connectivity index is 1.62. The molecule has 0 aromatic heterocycles. The van der Waals surface area contributed by atoms with E-state index in [4.69, 9.17) is 21.1 Å². The molecule has 1 N–H and O–H groups in total. The third kappa shape index (κ3) is 5.84. The number of rotatable bonds is 7. The Morgan fingerprint density at radius 3 is 2.57 bits per heavy atom. The number of benzene rings is 3. The zero-order valence-corrected chi connectivity index (χ0v) is 18.8. The van der Waals surface area contributed by atoms with Gasteiger partial charge >= 0.3 is 0 Å². The summed E-state index contributed by atoms with van der Waals surface area (Å²) in [6.45, 7) is 2.30. The molecule has 0 bridgehead atoms. The molecule has 30 heavy (non-hydrogen) atoms. The second-order valence-corrected chi connectivity index (χ2v) is 7.81. The zero-order valence-electron chi connectivity index (χ0n) is 16.5. The maximum absolute atomic E-state index is 12.2. The summed E-state index contributed by atoms with van der Waals surface area (Å²) >= 11 is 9.48. The quantitative estimate of drug-likeness (QED) is 0.340. The summed E-state index contributed by atoms with van der Waals surface area (Å²) in [7, 11) is 1.58. The van der Waals surface area contributed by atoms with Gasteiger partial charge in [-0.15, -0.1) is 0 Å². The van der Waals surface area contributed by atoms with Crippen molar-refractivity contribution in [1.82, 2.24) is 5.43 Å². The van der Waals surface area contributed by atoms with Gasteiger partial charge in [-0.05, 0) is 66.1 Å². The highest BCUT2D eigenvalue weighted by atomic mass is 79.9. The molecule has 7 heteroatoms. The number of amides is 1. The second kappa shape index (κ2) is 10.3. The van der Waals surface area contributed by atoms with Crippen LogP contribution in [0.3, 0.4) is 0 Å². The summed E-state index contributed by atoms with van der Waals surface area (Å²) in [4.78, 5) is 12.2. The number of hydrazone groups is 1. The topological polar surface area (TPSA) is 59.9 Å². The van der Waals surface area contributed by atoms with E-state index in [1.54, 1.807) is 37.4 Å². The van der Waals surface area contributed by atoms with Gasteiger partial charge in [0.15, 0.2) is 11.5 Å². The van der Waals surface area contributed by atoms with Crippen molar-refractivity contribution in [1.29, 1.82) is 0 Å². The summed E-state index contributed by atoms with van der Waals surface area (Å²) in [6, 6.07) is 18.4. The van der Waals surface area contributed by atoms with Crippen molar-refractivity contribution in [3.8, 4) is 11.5 Å². The van der Waals surface area contributed by atoms with Crippen molar-refractivity contribution in [3.05, 3.63) is 92.4 Å². The Bertz CT molecular complexity index is 1070. The van der Waals surface area contributed by atoms with Crippen LogP contribution in [0.25, 0.3) is 0 Å². The zero-order chi connectivity index (χ0) is 21.5. The average molecular weight is 488 g/mol. The van der Waals surface area contributed by atoms with Gasteiger partial charge in [0.1, 0.15) is 6.61 Å². The minimum absolute atomic E-state index is 0.338. The largest absolute Gasteiger partial charge is 0.493 e. The molecule has 0 aliphatic heterocycles. The molecule has 0 heterocycles. The fourth-order valence-electron chi connectivity index (χ4n) is 2.59. The third-order valence-electron chi connectivity index (χ3n) is 4.31. The molecular formula is C23H20BrClN2O3. The molecule has 3 aromatic carbocycles. The second-order valence-electron chi connectivity index (χ2n) is 6.49. The van der Waals surface area contributed by atoms with Gasteiger partial charge in [-0.1, -0.05) is 45.7 Å². The Morgan fingerprint density at radius 2 is 1.87 bits per heavy atom. The summed E-state index contributed by atoms with van der Waals surface area (Å²) in [6.07, 6.45) is 1.54. The number of methoxy groups -OCH3 is 1. The van der Waals surface area contributed by atoms with Crippen LogP contribution in [0, 0.1) is 6.92 Å². The molecule has 0 atom stereocenters. The lowest BCUT2D eigenvalue weighted by Gasteiger charge is -2.11. The first-order chi connectivity index (χ1) is 14.5. The van der Waals surface area contributed by atoms with Crippen LogP contribution in [0.1, 0.15) is 27.0 Å². The first-order valence-electron chi connectivity index (χ1n) is 9.11.